The fourth-order valence-corrected chi connectivity index (χ4v) is 3.62. The maximum absolute atomic E-state index is 13.3. The molecule has 1 saturated heterocycles. The number of hydrogen-bond acceptors (Lipinski definition) is 8. The third-order valence-electron chi connectivity index (χ3n) is 5.08. The van der Waals surface area contributed by atoms with Crippen LogP contribution in [-0.2, 0) is 0 Å². The molecule has 0 aliphatic carbocycles. The minimum Gasteiger partial charge on any atom is -0.493 e. The number of benzene rings is 1. The Morgan fingerprint density at radius 1 is 1.07 bits per heavy atom. The third-order valence-corrected chi connectivity index (χ3v) is 5.08. The van der Waals surface area contributed by atoms with Gasteiger partial charge in [-0.05, 0) is 37.1 Å². The number of pyridine rings is 1. The van der Waals surface area contributed by atoms with Crippen LogP contribution in [0.2, 0.25) is 0 Å². The smallest absolute Gasteiger partial charge is 0.254 e. The second-order valence-electron chi connectivity index (χ2n) is 6.75. The summed E-state index contributed by atoms with van der Waals surface area (Å²) in [6, 6.07) is 6.60. The van der Waals surface area contributed by atoms with Crippen molar-refractivity contribution in [2.45, 2.75) is 18.9 Å². The molecule has 1 amide bonds. The molecule has 1 atom stereocenters. The van der Waals surface area contributed by atoms with Gasteiger partial charge in [0.25, 0.3) is 5.91 Å². The highest BCUT2D eigenvalue weighted by molar-refractivity contribution is 5.96. The second-order valence-corrected chi connectivity index (χ2v) is 6.75. The molecule has 1 aromatic carbocycles. The summed E-state index contributed by atoms with van der Waals surface area (Å²) in [6.45, 7) is 0.590. The first-order chi connectivity index (χ1) is 14.7. The monoisotopic (exact) mass is 410 g/mol. The van der Waals surface area contributed by atoms with Gasteiger partial charge in [0.2, 0.25) is 17.5 Å². The first kappa shape index (κ1) is 19.7. The molecule has 0 bridgehead atoms. The summed E-state index contributed by atoms with van der Waals surface area (Å²) in [5, 5.41) is 8.33. The molecule has 156 valence electrons. The Morgan fingerprint density at radius 3 is 2.40 bits per heavy atom. The summed E-state index contributed by atoms with van der Waals surface area (Å²) >= 11 is 0. The Labute approximate surface area is 173 Å². The van der Waals surface area contributed by atoms with Crippen LogP contribution in [0.4, 0.5) is 0 Å². The minimum atomic E-state index is -0.292. The van der Waals surface area contributed by atoms with Gasteiger partial charge in [-0.15, -0.1) is 10.2 Å². The van der Waals surface area contributed by atoms with Crippen molar-refractivity contribution in [1.29, 1.82) is 0 Å². The molecule has 9 nitrogen and oxygen atoms in total. The highest BCUT2D eigenvalue weighted by Crippen LogP contribution is 2.40. The number of likely N-dealkylation sites (tertiary alicyclic amines) is 1. The fraction of sp³-hybridized carbons (Fsp3) is 0.333. The third kappa shape index (κ3) is 3.54. The Hall–Kier alpha value is -3.62. The SMILES string of the molecule is COc1cc(C(=O)N2CCCC2c2nnc(-c3ccncc3)o2)cc(OC)c1OC. The maximum atomic E-state index is 13.3. The lowest BCUT2D eigenvalue weighted by Gasteiger charge is -2.23. The summed E-state index contributed by atoms with van der Waals surface area (Å²) < 4.78 is 22.0. The van der Waals surface area contributed by atoms with E-state index in [1.807, 2.05) is 0 Å². The summed E-state index contributed by atoms with van der Waals surface area (Å²) in [5.41, 5.74) is 1.22. The molecule has 4 rings (SSSR count). The second kappa shape index (κ2) is 8.40. The molecule has 0 radical (unpaired) electrons. The molecule has 0 N–H and O–H groups in total. The fourth-order valence-electron chi connectivity index (χ4n) is 3.62. The molecule has 1 unspecified atom stereocenters. The van der Waals surface area contributed by atoms with Gasteiger partial charge in [0.1, 0.15) is 6.04 Å². The van der Waals surface area contributed by atoms with E-state index in [0.29, 0.717) is 41.1 Å². The van der Waals surface area contributed by atoms with Crippen molar-refractivity contribution in [3.05, 3.63) is 48.1 Å². The Morgan fingerprint density at radius 2 is 1.77 bits per heavy atom. The highest BCUT2D eigenvalue weighted by Gasteiger charge is 2.35. The van der Waals surface area contributed by atoms with Gasteiger partial charge in [0, 0.05) is 30.1 Å². The molecule has 30 heavy (non-hydrogen) atoms. The summed E-state index contributed by atoms with van der Waals surface area (Å²) in [4.78, 5) is 19.1. The molecule has 9 heteroatoms. The predicted octanol–water partition coefficient (Wildman–Crippen LogP) is 3.13. The topological polar surface area (TPSA) is 99.8 Å². The molecule has 3 heterocycles. The lowest BCUT2D eigenvalue weighted by atomic mass is 10.1. The van der Waals surface area contributed by atoms with E-state index in [1.165, 1.54) is 21.3 Å². The average molecular weight is 410 g/mol. The quantitative estimate of drug-likeness (QED) is 0.611. The Bertz CT molecular complexity index is 1010. The van der Waals surface area contributed by atoms with Crippen LogP contribution in [0.15, 0.2) is 41.1 Å². The predicted molar refractivity (Wildman–Crippen MR) is 107 cm³/mol. The van der Waals surface area contributed by atoms with Gasteiger partial charge in [-0.1, -0.05) is 0 Å². The maximum Gasteiger partial charge on any atom is 0.254 e. The van der Waals surface area contributed by atoms with Crippen molar-refractivity contribution in [1.82, 2.24) is 20.1 Å². The molecule has 0 spiro atoms. The number of ether oxygens (including phenoxy) is 3. The van der Waals surface area contributed by atoms with Crippen LogP contribution in [0.3, 0.4) is 0 Å². The van der Waals surface area contributed by atoms with Crippen molar-refractivity contribution in [3.8, 4) is 28.7 Å². The van der Waals surface area contributed by atoms with Gasteiger partial charge >= 0.3 is 0 Å². The number of methoxy groups -OCH3 is 3. The first-order valence-electron chi connectivity index (χ1n) is 9.51. The van der Waals surface area contributed by atoms with E-state index in [-0.39, 0.29) is 11.9 Å². The normalized spacial score (nSPS) is 15.8. The Kier molecular flexibility index (Phi) is 5.51. The zero-order valence-electron chi connectivity index (χ0n) is 17.0. The summed E-state index contributed by atoms with van der Waals surface area (Å²) in [5.74, 6) is 1.94. The van der Waals surface area contributed by atoms with Crippen LogP contribution in [-0.4, -0.2) is 53.9 Å². The van der Waals surface area contributed by atoms with E-state index in [4.69, 9.17) is 18.6 Å². The van der Waals surface area contributed by atoms with Crippen LogP contribution >= 0.6 is 0 Å². The van der Waals surface area contributed by atoms with Crippen LogP contribution in [0.1, 0.15) is 35.1 Å². The van der Waals surface area contributed by atoms with Crippen molar-refractivity contribution in [2.75, 3.05) is 27.9 Å². The van der Waals surface area contributed by atoms with Crippen LogP contribution in [0.25, 0.3) is 11.5 Å². The highest BCUT2D eigenvalue weighted by atomic mass is 16.5. The van der Waals surface area contributed by atoms with E-state index < -0.39 is 0 Å². The molecule has 2 aromatic heterocycles. The molecule has 1 aliphatic heterocycles. The van der Waals surface area contributed by atoms with Crippen molar-refractivity contribution >= 4 is 5.91 Å². The largest absolute Gasteiger partial charge is 0.493 e. The van der Waals surface area contributed by atoms with Gasteiger partial charge < -0.3 is 23.5 Å². The molecular weight excluding hydrogens is 388 g/mol. The van der Waals surface area contributed by atoms with E-state index in [2.05, 4.69) is 15.2 Å². The number of nitrogens with zero attached hydrogens (tertiary/aromatic N) is 4. The van der Waals surface area contributed by atoms with E-state index >= 15 is 0 Å². The number of hydrogen-bond donors (Lipinski definition) is 0. The van der Waals surface area contributed by atoms with E-state index in [0.717, 1.165) is 18.4 Å². The van der Waals surface area contributed by atoms with Crippen LogP contribution in [0.5, 0.6) is 17.2 Å². The number of rotatable bonds is 6. The number of amides is 1. The number of carbonyl (C=O) groups excluding carboxylic acids is 1. The molecule has 1 aliphatic rings. The van der Waals surface area contributed by atoms with Crippen molar-refractivity contribution in [3.63, 3.8) is 0 Å². The standard InChI is InChI=1S/C21H22N4O5/c1-27-16-11-14(12-17(28-2)18(16)29-3)21(26)25-10-4-5-15(25)20-24-23-19(30-20)13-6-8-22-9-7-13/h6-9,11-12,15H,4-5,10H2,1-3H3. The zero-order chi connectivity index (χ0) is 21.1. The molecule has 0 saturated carbocycles. The minimum absolute atomic E-state index is 0.166. The zero-order valence-corrected chi connectivity index (χ0v) is 17.0. The van der Waals surface area contributed by atoms with Gasteiger partial charge in [-0.2, -0.15) is 0 Å². The molecule has 1 fully saturated rings. The Balaban J connectivity index is 1.63. The van der Waals surface area contributed by atoms with Crippen LogP contribution in [0, 0.1) is 0 Å². The molecule has 3 aromatic rings. The van der Waals surface area contributed by atoms with Crippen LogP contribution < -0.4 is 14.2 Å². The van der Waals surface area contributed by atoms with Crippen molar-refractivity contribution in [2.24, 2.45) is 0 Å². The first-order valence-corrected chi connectivity index (χ1v) is 9.51. The van der Waals surface area contributed by atoms with Gasteiger partial charge in [0.15, 0.2) is 11.5 Å². The van der Waals surface area contributed by atoms with Crippen molar-refractivity contribution < 1.29 is 23.4 Å². The summed E-state index contributed by atoms with van der Waals surface area (Å²) in [6.07, 6.45) is 4.91. The molecular formula is C21H22N4O5. The van der Waals surface area contributed by atoms with E-state index in [1.54, 1.807) is 41.6 Å². The lowest BCUT2D eigenvalue weighted by Crippen LogP contribution is -2.30. The van der Waals surface area contributed by atoms with E-state index in [9.17, 15) is 4.79 Å². The van der Waals surface area contributed by atoms with Gasteiger partial charge in [-0.25, -0.2) is 0 Å². The lowest BCUT2D eigenvalue weighted by molar-refractivity contribution is 0.0715. The summed E-state index contributed by atoms with van der Waals surface area (Å²) in [7, 11) is 4.56. The van der Waals surface area contributed by atoms with Gasteiger partial charge in [-0.3, -0.25) is 9.78 Å². The number of aromatic nitrogens is 3. The average Bonchev–Trinajstić information content (AvgIpc) is 3.47. The number of carbonyl (C=O) groups is 1. The van der Waals surface area contributed by atoms with Gasteiger partial charge in [0.05, 0.1) is 21.3 Å².